The zero-order chi connectivity index (χ0) is 11.7. The van der Waals surface area contributed by atoms with Crippen molar-refractivity contribution >= 4 is 17.3 Å². The summed E-state index contributed by atoms with van der Waals surface area (Å²) >= 11 is 0.887. The summed E-state index contributed by atoms with van der Waals surface area (Å²) in [5, 5.41) is 8.80. The Morgan fingerprint density at radius 1 is 1.31 bits per heavy atom. The van der Waals surface area contributed by atoms with Gasteiger partial charge in [0.2, 0.25) is 0 Å². The molecule has 0 saturated carbocycles. The fourth-order valence-electron chi connectivity index (χ4n) is 1.29. The second kappa shape index (κ2) is 3.97. The minimum Gasteiger partial charge on any atom is -0.476 e. The number of carboxylic acids is 1. The van der Waals surface area contributed by atoms with Crippen LogP contribution in [0.1, 0.15) is 10.5 Å². The first kappa shape index (κ1) is 10.7. The van der Waals surface area contributed by atoms with E-state index in [0.717, 1.165) is 23.5 Å². The van der Waals surface area contributed by atoms with Gasteiger partial charge in [-0.05, 0) is 12.1 Å². The Bertz CT molecular complexity index is 533. The molecule has 0 radical (unpaired) electrons. The Morgan fingerprint density at radius 2 is 1.94 bits per heavy atom. The quantitative estimate of drug-likeness (QED) is 0.879. The molecule has 16 heavy (non-hydrogen) atoms. The first-order valence-electron chi connectivity index (χ1n) is 4.22. The molecule has 0 amide bonds. The maximum absolute atomic E-state index is 13.4. The molecule has 0 unspecified atom stereocenters. The molecule has 0 atom stereocenters. The molecule has 1 heterocycles. The highest BCUT2D eigenvalue weighted by molar-refractivity contribution is 7.13. The van der Waals surface area contributed by atoms with E-state index in [9.17, 15) is 13.6 Å². The number of carboxylic acid groups (broad SMARTS) is 1. The Balaban J connectivity index is 2.68. The third-order valence-corrected chi connectivity index (χ3v) is 2.80. The van der Waals surface area contributed by atoms with Gasteiger partial charge in [-0.3, -0.25) is 0 Å². The summed E-state index contributed by atoms with van der Waals surface area (Å²) in [7, 11) is 0. The SMILES string of the molecule is O=C(O)c1ncsc1-c1c(F)cccc1F. The van der Waals surface area contributed by atoms with Gasteiger partial charge in [-0.2, -0.15) is 0 Å². The van der Waals surface area contributed by atoms with Crippen molar-refractivity contribution < 1.29 is 18.7 Å². The molecule has 0 bridgehead atoms. The third-order valence-electron chi connectivity index (χ3n) is 1.96. The van der Waals surface area contributed by atoms with Crippen LogP contribution in [0, 0.1) is 11.6 Å². The molecule has 1 N–H and O–H groups in total. The lowest BCUT2D eigenvalue weighted by Gasteiger charge is -2.02. The van der Waals surface area contributed by atoms with Crippen LogP contribution in [0.4, 0.5) is 8.78 Å². The van der Waals surface area contributed by atoms with Gasteiger partial charge in [0.15, 0.2) is 5.69 Å². The molecule has 2 aromatic rings. The maximum atomic E-state index is 13.4. The van der Waals surface area contributed by atoms with Crippen molar-refractivity contribution in [2.24, 2.45) is 0 Å². The van der Waals surface area contributed by atoms with Gasteiger partial charge in [-0.1, -0.05) is 6.07 Å². The highest BCUT2D eigenvalue weighted by atomic mass is 32.1. The zero-order valence-electron chi connectivity index (χ0n) is 7.78. The van der Waals surface area contributed by atoms with Gasteiger partial charge in [0.05, 0.1) is 16.0 Å². The van der Waals surface area contributed by atoms with Crippen LogP contribution >= 0.6 is 11.3 Å². The Hall–Kier alpha value is -1.82. The van der Waals surface area contributed by atoms with Crippen LogP contribution in [0.25, 0.3) is 10.4 Å². The van der Waals surface area contributed by atoms with E-state index < -0.39 is 17.6 Å². The minimum atomic E-state index is -1.31. The van der Waals surface area contributed by atoms with E-state index in [2.05, 4.69) is 4.98 Å². The predicted octanol–water partition coefficient (Wildman–Crippen LogP) is 2.79. The second-order valence-corrected chi connectivity index (χ2v) is 3.79. The Kier molecular flexibility index (Phi) is 2.66. The van der Waals surface area contributed by atoms with E-state index in [0.29, 0.717) is 0 Å². The molecule has 0 aliphatic heterocycles. The molecule has 1 aromatic heterocycles. The number of aromatic carboxylic acids is 1. The lowest BCUT2D eigenvalue weighted by molar-refractivity contribution is 0.0692. The summed E-state index contributed by atoms with van der Waals surface area (Å²) < 4.78 is 26.8. The Morgan fingerprint density at radius 3 is 2.50 bits per heavy atom. The van der Waals surface area contributed by atoms with Crippen molar-refractivity contribution in [3.8, 4) is 10.4 Å². The van der Waals surface area contributed by atoms with Crippen LogP contribution in [0.15, 0.2) is 23.7 Å². The first-order chi connectivity index (χ1) is 7.61. The number of hydrogen-bond acceptors (Lipinski definition) is 3. The summed E-state index contributed by atoms with van der Waals surface area (Å²) in [6.45, 7) is 0. The normalized spacial score (nSPS) is 10.4. The van der Waals surface area contributed by atoms with E-state index in [1.165, 1.54) is 11.6 Å². The van der Waals surface area contributed by atoms with E-state index in [1.807, 2.05) is 0 Å². The molecule has 2 rings (SSSR count). The van der Waals surface area contributed by atoms with Gasteiger partial charge in [0.25, 0.3) is 0 Å². The van der Waals surface area contributed by atoms with Gasteiger partial charge >= 0.3 is 5.97 Å². The van der Waals surface area contributed by atoms with Gasteiger partial charge in [-0.25, -0.2) is 18.6 Å². The smallest absolute Gasteiger partial charge is 0.356 e. The highest BCUT2D eigenvalue weighted by Gasteiger charge is 2.20. The molecule has 0 fully saturated rings. The van der Waals surface area contributed by atoms with Gasteiger partial charge in [-0.15, -0.1) is 11.3 Å². The van der Waals surface area contributed by atoms with E-state index in [1.54, 1.807) is 0 Å². The molecule has 0 saturated heterocycles. The number of hydrogen-bond donors (Lipinski definition) is 1. The summed E-state index contributed by atoms with van der Waals surface area (Å²) in [6.07, 6.45) is 0. The molecule has 1 aromatic carbocycles. The minimum absolute atomic E-state index is 0.0110. The lowest BCUT2D eigenvalue weighted by atomic mass is 10.1. The molecular formula is C10H5F2NO2S. The van der Waals surface area contributed by atoms with Crippen LogP contribution < -0.4 is 0 Å². The molecule has 0 aliphatic rings. The van der Waals surface area contributed by atoms with Crippen LogP contribution in [0.5, 0.6) is 0 Å². The summed E-state index contributed by atoms with van der Waals surface area (Å²) in [5.41, 5.74) is 0.557. The maximum Gasteiger partial charge on any atom is 0.356 e. The fourth-order valence-corrected chi connectivity index (χ4v) is 2.12. The van der Waals surface area contributed by atoms with Crippen LogP contribution in [-0.4, -0.2) is 16.1 Å². The zero-order valence-corrected chi connectivity index (χ0v) is 8.59. The number of nitrogens with zero attached hydrogens (tertiary/aromatic N) is 1. The average Bonchev–Trinajstić information content (AvgIpc) is 2.66. The third kappa shape index (κ3) is 1.67. The summed E-state index contributed by atoms with van der Waals surface area (Å²) in [4.78, 5) is 14.3. The number of rotatable bonds is 2. The van der Waals surface area contributed by atoms with Crippen molar-refractivity contribution in [3.05, 3.63) is 41.0 Å². The van der Waals surface area contributed by atoms with Crippen LogP contribution in [0.2, 0.25) is 0 Å². The highest BCUT2D eigenvalue weighted by Crippen LogP contribution is 2.31. The predicted molar refractivity (Wildman–Crippen MR) is 54.4 cm³/mol. The molecule has 0 aliphatic carbocycles. The van der Waals surface area contributed by atoms with Crippen molar-refractivity contribution in [1.82, 2.24) is 4.98 Å². The largest absolute Gasteiger partial charge is 0.476 e. The average molecular weight is 241 g/mol. The summed E-state index contributed by atoms with van der Waals surface area (Å²) in [5.74, 6) is -2.91. The monoisotopic (exact) mass is 241 g/mol. The van der Waals surface area contributed by atoms with Gasteiger partial charge in [0.1, 0.15) is 11.6 Å². The van der Waals surface area contributed by atoms with Crippen molar-refractivity contribution in [2.75, 3.05) is 0 Å². The van der Waals surface area contributed by atoms with E-state index in [-0.39, 0.29) is 16.1 Å². The van der Waals surface area contributed by atoms with Gasteiger partial charge < -0.3 is 5.11 Å². The number of aromatic nitrogens is 1. The Labute approximate surface area is 93.0 Å². The molecular weight excluding hydrogens is 236 g/mol. The lowest BCUT2D eigenvalue weighted by Crippen LogP contribution is -2.00. The first-order valence-corrected chi connectivity index (χ1v) is 5.10. The van der Waals surface area contributed by atoms with Crippen molar-refractivity contribution in [2.45, 2.75) is 0 Å². The number of carbonyl (C=O) groups is 1. The standard InChI is InChI=1S/C10H5F2NO2S/c11-5-2-1-3-6(12)7(5)9-8(10(14)15)13-4-16-9/h1-4H,(H,14,15). The van der Waals surface area contributed by atoms with Crippen LogP contribution in [0.3, 0.4) is 0 Å². The van der Waals surface area contributed by atoms with Crippen molar-refractivity contribution in [1.29, 1.82) is 0 Å². The number of thiazole rings is 1. The topological polar surface area (TPSA) is 50.2 Å². The number of benzene rings is 1. The number of halogens is 2. The fraction of sp³-hybridized carbons (Fsp3) is 0. The van der Waals surface area contributed by atoms with Gasteiger partial charge in [0, 0.05) is 0 Å². The molecule has 6 heteroatoms. The van der Waals surface area contributed by atoms with Crippen molar-refractivity contribution in [3.63, 3.8) is 0 Å². The van der Waals surface area contributed by atoms with E-state index >= 15 is 0 Å². The van der Waals surface area contributed by atoms with E-state index in [4.69, 9.17) is 5.11 Å². The summed E-state index contributed by atoms with van der Waals surface area (Å²) in [6, 6.07) is 3.36. The molecule has 0 spiro atoms. The van der Waals surface area contributed by atoms with Crippen LogP contribution in [-0.2, 0) is 0 Å². The molecule has 82 valence electrons. The molecule has 3 nitrogen and oxygen atoms in total. The second-order valence-electron chi connectivity index (χ2n) is 2.93.